The molecule has 0 aliphatic heterocycles. The van der Waals surface area contributed by atoms with Crippen molar-refractivity contribution in [3.8, 4) is 0 Å². The van der Waals surface area contributed by atoms with Crippen LogP contribution in [0.1, 0.15) is 19.4 Å². The van der Waals surface area contributed by atoms with Crippen molar-refractivity contribution in [3.63, 3.8) is 0 Å². The second kappa shape index (κ2) is 4.31. The lowest BCUT2D eigenvalue weighted by Gasteiger charge is -2.22. The normalized spacial score (nSPS) is 11.3. The van der Waals surface area contributed by atoms with Gasteiger partial charge in [0.05, 0.1) is 12.5 Å². The first-order chi connectivity index (χ1) is 6.89. The van der Waals surface area contributed by atoms with E-state index in [-0.39, 0.29) is 0 Å². The van der Waals surface area contributed by atoms with Crippen LogP contribution in [-0.2, 0) is 14.9 Å². The van der Waals surface area contributed by atoms with E-state index in [9.17, 15) is 9.18 Å². The van der Waals surface area contributed by atoms with Crippen LogP contribution in [0.5, 0.6) is 0 Å². The number of hydrogen-bond donors (Lipinski definition) is 0. The van der Waals surface area contributed by atoms with Crippen molar-refractivity contribution in [1.29, 1.82) is 0 Å². The molecule has 0 amide bonds. The maximum absolute atomic E-state index is 13.6. The monoisotopic (exact) mass is 274 g/mol. The van der Waals surface area contributed by atoms with Crippen LogP contribution in [0.25, 0.3) is 0 Å². The molecule has 0 unspecified atom stereocenters. The summed E-state index contributed by atoms with van der Waals surface area (Å²) in [6.45, 7) is 3.26. The van der Waals surface area contributed by atoms with Crippen molar-refractivity contribution < 1.29 is 13.9 Å². The molecule has 0 radical (unpaired) electrons. The number of carbonyl (C=O) groups is 1. The van der Waals surface area contributed by atoms with Crippen LogP contribution in [0.2, 0.25) is 0 Å². The zero-order chi connectivity index (χ0) is 11.6. The van der Waals surface area contributed by atoms with Gasteiger partial charge in [-0.1, -0.05) is 22.0 Å². The smallest absolute Gasteiger partial charge is 0.315 e. The summed E-state index contributed by atoms with van der Waals surface area (Å²) < 4.78 is 18.9. The fourth-order valence-electron chi connectivity index (χ4n) is 1.36. The van der Waals surface area contributed by atoms with Crippen molar-refractivity contribution in [2.75, 3.05) is 7.11 Å². The highest BCUT2D eigenvalue weighted by Crippen LogP contribution is 2.28. The number of esters is 1. The third-order valence-electron chi connectivity index (χ3n) is 2.30. The minimum atomic E-state index is -0.973. The molecule has 0 aromatic heterocycles. The molecule has 1 aromatic carbocycles. The topological polar surface area (TPSA) is 26.3 Å². The highest BCUT2D eigenvalue weighted by atomic mass is 79.9. The predicted molar refractivity (Wildman–Crippen MR) is 59.1 cm³/mol. The molecule has 0 saturated heterocycles. The zero-order valence-corrected chi connectivity index (χ0v) is 10.4. The number of carbonyl (C=O) groups excluding carboxylic acids is 1. The summed E-state index contributed by atoms with van der Waals surface area (Å²) in [6, 6.07) is 4.61. The molecule has 1 rings (SSSR count). The summed E-state index contributed by atoms with van der Waals surface area (Å²) >= 11 is 3.16. The Hall–Kier alpha value is -0.900. The standard InChI is InChI=1S/C11H12BrFO2/c1-11(2,10(14)15-3)8-5-4-7(12)6-9(8)13/h4-6H,1-3H3. The summed E-state index contributed by atoms with van der Waals surface area (Å²) in [4.78, 5) is 11.5. The van der Waals surface area contributed by atoms with Crippen molar-refractivity contribution in [3.05, 3.63) is 34.1 Å². The summed E-state index contributed by atoms with van der Waals surface area (Å²) in [5.74, 6) is -0.872. The van der Waals surface area contributed by atoms with Gasteiger partial charge < -0.3 is 4.74 Å². The van der Waals surface area contributed by atoms with Gasteiger partial charge in [0.2, 0.25) is 0 Å². The van der Waals surface area contributed by atoms with Gasteiger partial charge in [0.1, 0.15) is 5.82 Å². The molecular weight excluding hydrogens is 263 g/mol. The Bertz CT molecular complexity index is 388. The predicted octanol–water partition coefficient (Wildman–Crippen LogP) is 3.04. The van der Waals surface area contributed by atoms with E-state index >= 15 is 0 Å². The van der Waals surface area contributed by atoms with E-state index in [0.717, 1.165) is 0 Å². The van der Waals surface area contributed by atoms with E-state index in [1.165, 1.54) is 13.2 Å². The molecule has 1 aromatic rings. The van der Waals surface area contributed by atoms with Crippen molar-refractivity contribution in [2.24, 2.45) is 0 Å². The first-order valence-electron chi connectivity index (χ1n) is 4.43. The molecule has 0 aliphatic carbocycles. The molecular formula is C11H12BrFO2. The van der Waals surface area contributed by atoms with Gasteiger partial charge in [0.25, 0.3) is 0 Å². The fourth-order valence-corrected chi connectivity index (χ4v) is 1.69. The summed E-state index contributed by atoms with van der Waals surface area (Å²) in [7, 11) is 1.29. The van der Waals surface area contributed by atoms with Gasteiger partial charge in [-0.05, 0) is 26.0 Å². The molecule has 82 valence electrons. The van der Waals surface area contributed by atoms with E-state index in [4.69, 9.17) is 0 Å². The van der Waals surface area contributed by atoms with Gasteiger partial charge in [-0.25, -0.2) is 4.39 Å². The Morgan fingerprint density at radius 1 is 1.47 bits per heavy atom. The first-order valence-corrected chi connectivity index (χ1v) is 5.23. The number of ether oxygens (including phenoxy) is 1. The van der Waals surface area contributed by atoms with E-state index in [1.807, 2.05) is 0 Å². The number of hydrogen-bond acceptors (Lipinski definition) is 2. The average Bonchev–Trinajstić information content (AvgIpc) is 2.15. The maximum Gasteiger partial charge on any atom is 0.315 e. The second-order valence-corrected chi connectivity index (χ2v) is 4.66. The Morgan fingerprint density at radius 2 is 2.07 bits per heavy atom. The number of benzene rings is 1. The van der Waals surface area contributed by atoms with Gasteiger partial charge in [0.15, 0.2) is 0 Å². The van der Waals surface area contributed by atoms with Crippen LogP contribution >= 0.6 is 15.9 Å². The summed E-state index contributed by atoms with van der Waals surface area (Å²) in [5, 5.41) is 0. The number of methoxy groups -OCH3 is 1. The minimum absolute atomic E-state index is 0.331. The fraction of sp³-hybridized carbons (Fsp3) is 0.364. The lowest BCUT2D eigenvalue weighted by atomic mass is 9.84. The zero-order valence-electron chi connectivity index (χ0n) is 8.80. The Kier molecular flexibility index (Phi) is 3.50. The summed E-state index contributed by atoms with van der Waals surface area (Å²) in [6.07, 6.45) is 0. The molecule has 0 heterocycles. The van der Waals surface area contributed by atoms with Crippen LogP contribution in [0.3, 0.4) is 0 Å². The molecule has 0 bridgehead atoms. The van der Waals surface area contributed by atoms with Crippen LogP contribution < -0.4 is 0 Å². The molecule has 4 heteroatoms. The molecule has 2 nitrogen and oxygen atoms in total. The maximum atomic E-state index is 13.6. The molecule has 0 atom stereocenters. The molecule has 0 spiro atoms. The lowest BCUT2D eigenvalue weighted by molar-refractivity contribution is -0.146. The second-order valence-electron chi connectivity index (χ2n) is 3.74. The van der Waals surface area contributed by atoms with Gasteiger partial charge >= 0.3 is 5.97 Å². The number of halogens is 2. The molecule has 0 saturated carbocycles. The van der Waals surface area contributed by atoms with Crippen LogP contribution in [0.4, 0.5) is 4.39 Å². The van der Waals surface area contributed by atoms with Gasteiger partial charge in [-0.2, -0.15) is 0 Å². The molecule has 0 aliphatic rings. The van der Waals surface area contributed by atoms with Crippen molar-refractivity contribution in [2.45, 2.75) is 19.3 Å². The molecule has 0 fully saturated rings. The van der Waals surface area contributed by atoms with Crippen LogP contribution in [0, 0.1) is 5.82 Å². The highest BCUT2D eigenvalue weighted by Gasteiger charge is 2.33. The highest BCUT2D eigenvalue weighted by molar-refractivity contribution is 9.10. The summed E-state index contributed by atoms with van der Waals surface area (Å²) in [5.41, 5.74) is -0.642. The van der Waals surface area contributed by atoms with Crippen LogP contribution in [-0.4, -0.2) is 13.1 Å². The Labute approximate surface area is 96.6 Å². The third kappa shape index (κ3) is 2.37. The first kappa shape index (κ1) is 12.2. The quantitative estimate of drug-likeness (QED) is 0.775. The van der Waals surface area contributed by atoms with E-state index in [1.54, 1.807) is 26.0 Å². The number of rotatable bonds is 2. The largest absolute Gasteiger partial charge is 0.468 e. The van der Waals surface area contributed by atoms with Crippen molar-refractivity contribution >= 4 is 21.9 Å². The lowest BCUT2D eigenvalue weighted by Crippen LogP contribution is -2.31. The van der Waals surface area contributed by atoms with E-state index in [0.29, 0.717) is 10.0 Å². The van der Waals surface area contributed by atoms with Crippen molar-refractivity contribution in [1.82, 2.24) is 0 Å². The molecule has 0 N–H and O–H groups in total. The van der Waals surface area contributed by atoms with Gasteiger partial charge in [-0.15, -0.1) is 0 Å². The van der Waals surface area contributed by atoms with E-state index in [2.05, 4.69) is 20.7 Å². The van der Waals surface area contributed by atoms with Gasteiger partial charge in [0, 0.05) is 10.0 Å². The average molecular weight is 275 g/mol. The van der Waals surface area contributed by atoms with E-state index < -0.39 is 17.2 Å². The van der Waals surface area contributed by atoms with Gasteiger partial charge in [-0.3, -0.25) is 4.79 Å². The Morgan fingerprint density at radius 3 is 2.53 bits per heavy atom. The Balaban J connectivity index is 3.21. The SMILES string of the molecule is COC(=O)C(C)(C)c1ccc(Br)cc1F. The molecule has 15 heavy (non-hydrogen) atoms. The van der Waals surface area contributed by atoms with Crippen LogP contribution in [0.15, 0.2) is 22.7 Å². The minimum Gasteiger partial charge on any atom is -0.468 e. The third-order valence-corrected chi connectivity index (χ3v) is 2.79.